The molecule has 0 aromatic heterocycles. The van der Waals surface area contributed by atoms with E-state index in [1.165, 1.54) is 32.0 Å². The first-order valence-electron chi connectivity index (χ1n) is 6.05. The lowest BCUT2D eigenvalue weighted by atomic mass is 10.1. The zero-order chi connectivity index (χ0) is 15.9. The molecule has 0 atom stereocenters. The van der Waals surface area contributed by atoms with Crippen LogP contribution in [0.2, 0.25) is 10.0 Å². The number of hydrogen-bond acceptors (Lipinski definition) is 4. The number of nitrogens with two attached hydrogens (primary N) is 1. The van der Waals surface area contributed by atoms with Gasteiger partial charge in [0.05, 0.1) is 11.2 Å². The van der Waals surface area contributed by atoms with Crippen LogP contribution in [0, 0.1) is 0 Å². The first-order valence-corrected chi connectivity index (χ1v) is 6.80. The maximum Gasteiger partial charge on any atom is 0.338 e. The SMILES string of the molecule is CC(C)(N)C(=O)N1CC(=O)N(c2cc(Cl)cc(Cl)c2)C1=O. The van der Waals surface area contributed by atoms with E-state index in [1.54, 1.807) is 0 Å². The normalized spacial score (nSPS) is 15.9. The molecule has 4 amide bonds. The van der Waals surface area contributed by atoms with Gasteiger partial charge in [-0.2, -0.15) is 0 Å². The molecule has 21 heavy (non-hydrogen) atoms. The van der Waals surface area contributed by atoms with Crippen LogP contribution in [0.15, 0.2) is 18.2 Å². The standard InChI is InChI=1S/C13H13Cl2N3O3/c1-13(2,16)11(20)17-6-10(19)18(12(17)21)9-4-7(14)3-8(15)5-9/h3-5H,6,16H2,1-2H3. The summed E-state index contributed by atoms with van der Waals surface area (Å²) in [5, 5.41) is 0.559. The number of halogens is 2. The van der Waals surface area contributed by atoms with E-state index >= 15 is 0 Å². The van der Waals surface area contributed by atoms with E-state index in [-0.39, 0.29) is 22.3 Å². The molecule has 0 aliphatic carbocycles. The maximum absolute atomic E-state index is 12.3. The highest BCUT2D eigenvalue weighted by molar-refractivity contribution is 6.35. The number of carbonyl (C=O) groups is 3. The van der Waals surface area contributed by atoms with Crippen molar-refractivity contribution in [3.63, 3.8) is 0 Å². The van der Waals surface area contributed by atoms with Gasteiger partial charge in [0.2, 0.25) is 0 Å². The van der Waals surface area contributed by atoms with Crippen LogP contribution < -0.4 is 10.6 Å². The van der Waals surface area contributed by atoms with Gasteiger partial charge in [-0.1, -0.05) is 23.2 Å². The molecule has 0 bridgehead atoms. The molecule has 1 aromatic rings. The number of benzene rings is 1. The number of anilines is 1. The van der Waals surface area contributed by atoms with Crippen molar-refractivity contribution in [2.75, 3.05) is 11.4 Å². The summed E-state index contributed by atoms with van der Waals surface area (Å²) in [4.78, 5) is 38.1. The lowest BCUT2D eigenvalue weighted by Gasteiger charge is -2.23. The van der Waals surface area contributed by atoms with E-state index in [9.17, 15) is 14.4 Å². The van der Waals surface area contributed by atoms with Crippen molar-refractivity contribution >= 4 is 46.7 Å². The Hall–Kier alpha value is -1.63. The largest absolute Gasteiger partial charge is 0.338 e. The van der Waals surface area contributed by atoms with Crippen LogP contribution in [-0.2, 0) is 9.59 Å². The van der Waals surface area contributed by atoms with Crippen molar-refractivity contribution < 1.29 is 14.4 Å². The molecule has 1 aliphatic rings. The summed E-state index contributed by atoms with van der Waals surface area (Å²) < 4.78 is 0. The molecule has 112 valence electrons. The van der Waals surface area contributed by atoms with Crippen LogP contribution in [0.25, 0.3) is 0 Å². The molecular weight excluding hydrogens is 317 g/mol. The van der Waals surface area contributed by atoms with Crippen LogP contribution in [0.1, 0.15) is 13.8 Å². The Labute approximate surface area is 131 Å². The van der Waals surface area contributed by atoms with Crippen molar-refractivity contribution in [1.29, 1.82) is 0 Å². The number of carbonyl (C=O) groups excluding carboxylic acids is 3. The summed E-state index contributed by atoms with van der Waals surface area (Å²) in [5.41, 5.74) is 4.65. The average Bonchev–Trinajstić information content (AvgIpc) is 2.61. The Morgan fingerprint density at radius 2 is 1.71 bits per heavy atom. The van der Waals surface area contributed by atoms with Gasteiger partial charge >= 0.3 is 6.03 Å². The predicted molar refractivity (Wildman–Crippen MR) is 79.3 cm³/mol. The zero-order valence-electron chi connectivity index (χ0n) is 11.4. The lowest BCUT2D eigenvalue weighted by Crippen LogP contribution is -2.52. The topological polar surface area (TPSA) is 83.7 Å². The second kappa shape index (κ2) is 5.29. The molecule has 0 unspecified atom stereocenters. The fourth-order valence-corrected chi connectivity index (χ4v) is 2.44. The third-order valence-electron chi connectivity index (χ3n) is 2.87. The highest BCUT2D eigenvalue weighted by Crippen LogP contribution is 2.29. The molecule has 1 aromatic carbocycles. The van der Waals surface area contributed by atoms with Crippen molar-refractivity contribution in [2.45, 2.75) is 19.4 Å². The molecule has 1 saturated heterocycles. The Morgan fingerprint density at radius 3 is 2.19 bits per heavy atom. The van der Waals surface area contributed by atoms with Crippen molar-refractivity contribution in [3.05, 3.63) is 28.2 Å². The van der Waals surface area contributed by atoms with E-state index in [0.717, 1.165) is 9.80 Å². The second-order valence-corrected chi connectivity index (χ2v) is 6.13. The van der Waals surface area contributed by atoms with Gasteiger partial charge in [-0.25, -0.2) is 9.69 Å². The Morgan fingerprint density at radius 1 is 1.19 bits per heavy atom. The molecule has 0 spiro atoms. The van der Waals surface area contributed by atoms with Gasteiger partial charge in [-0.15, -0.1) is 0 Å². The minimum atomic E-state index is -1.25. The third-order valence-corrected chi connectivity index (χ3v) is 3.30. The summed E-state index contributed by atoms with van der Waals surface area (Å²) in [5.74, 6) is -1.17. The van der Waals surface area contributed by atoms with E-state index in [2.05, 4.69) is 0 Å². The summed E-state index contributed by atoms with van der Waals surface area (Å²) >= 11 is 11.7. The molecule has 1 fully saturated rings. The monoisotopic (exact) mass is 329 g/mol. The summed E-state index contributed by atoms with van der Waals surface area (Å²) in [6.45, 7) is 2.57. The van der Waals surface area contributed by atoms with Gasteiger partial charge < -0.3 is 5.73 Å². The molecule has 0 saturated carbocycles. The van der Waals surface area contributed by atoms with Gasteiger partial charge in [-0.3, -0.25) is 14.5 Å². The Kier molecular flexibility index (Phi) is 3.97. The fourth-order valence-electron chi connectivity index (χ4n) is 1.93. The molecule has 2 rings (SSSR count). The van der Waals surface area contributed by atoms with E-state index < -0.39 is 23.4 Å². The van der Waals surface area contributed by atoms with Crippen molar-refractivity contribution in [1.82, 2.24) is 4.90 Å². The van der Waals surface area contributed by atoms with Gasteiger partial charge in [-0.05, 0) is 32.0 Å². The first-order chi connectivity index (χ1) is 9.61. The van der Waals surface area contributed by atoms with Crippen LogP contribution in [0.4, 0.5) is 10.5 Å². The molecule has 2 N–H and O–H groups in total. The van der Waals surface area contributed by atoms with Crippen LogP contribution >= 0.6 is 23.2 Å². The highest BCUT2D eigenvalue weighted by atomic mass is 35.5. The highest BCUT2D eigenvalue weighted by Gasteiger charge is 2.44. The molecular formula is C13H13Cl2N3O3. The number of urea groups is 1. The summed E-state index contributed by atoms with van der Waals surface area (Å²) in [6, 6.07) is 3.56. The average molecular weight is 330 g/mol. The number of rotatable bonds is 2. The number of amides is 4. The molecule has 6 nitrogen and oxygen atoms in total. The van der Waals surface area contributed by atoms with Crippen molar-refractivity contribution in [3.8, 4) is 0 Å². The first kappa shape index (κ1) is 15.8. The Bertz CT molecular complexity index is 620. The number of hydrogen-bond donors (Lipinski definition) is 1. The third kappa shape index (κ3) is 3.02. The van der Waals surface area contributed by atoms with Gasteiger partial charge in [0.1, 0.15) is 6.54 Å². The van der Waals surface area contributed by atoms with Crippen LogP contribution in [0.3, 0.4) is 0 Å². The molecule has 8 heteroatoms. The Balaban J connectivity index is 2.37. The van der Waals surface area contributed by atoms with Crippen LogP contribution in [0.5, 0.6) is 0 Å². The van der Waals surface area contributed by atoms with E-state index in [1.807, 2.05) is 0 Å². The van der Waals surface area contributed by atoms with E-state index in [0.29, 0.717) is 0 Å². The summed E-state index contributed by atoms with van der Waals surface area (Å²) in [6.07, 6.45) is 0. The summed E-state index contributed by atoms with van der Waals surface area (Å²) in [7, 11) is 0. The van der Waals surface area contributed by atoms with Crippen molar-refractivity contribution in [2.24, 2.45) is 5.73 Å². The minimum Gasteiger partial charge on any atom is -0.318 e. The lowest BCUT2D eigenvalue weighted by molar-refractivity contribution is -0.133. The number of imide groups is 2. The van der Waals surface area contributed by atoms with Gasteiger partial charge in [0.25, 0.3) is 11.8 Å². The molecule has 1 heterocycles. The zero-order valence-corrected chi connectivity index (χ0v) is 12.9. The molecule has 1 aliphatic heterocycles. The van der Waals surface area contributed by atoms with Crippen LogP contribution in [-0.4, -0.2) is 34.8 Å². The quantitative estimate of drug-likeness (QED) is 0.841. The minimum absolute atomic E-state index is 0.215. The van der Waals surface area contributed by atoms with E-state index in [4.69, 9.17) is 28.9 Å². The maximum atomic E-state index is 12.3. The number of nitrogens with zero attached hydrogens (tertiary/aromatic N) is 2. The molecule has 0 radical (unpaired) electrons. The van der Waals surface area contributed by atoms with Gasteiger partial charge in [0.15, 0.2) is 0 Å². The second-order valence-electron chi connectivity index (χ2n) is 5.25. The van der Waals surface area contributed by atoms with Gasteiger partial charge in [0, 0.05) is 10.0 Å². The fraction of sp³-hybridized carbons (Fsp3) is 0.308. The smallest absolute Gasteiger partial charge is 0.318 e. The predicted octanol–water partition coefficient (Wildman–Crippen LogP) is 2.03.